The highest BCUT2D eigenvalue weighted by Crippen LogP contribution is 2.17. The molecule has 2 N–H and O–H groups in total. The van der Waals surface area contributed by atoms with Gasteiger partial charge in [-0.05, 0) is 37.0 Å². The molecule has 19 heavy (non-hydrogen) atoms. The second kappa shape index (κ2) is 7.79. The molecular weight excluding hydrogens is 242 g/mol. The van der Waals surface area contributed by atoms with Crippen LogP contribution in [0.25, 0.3) is 0 Å². The number of hydrogen-bond acceptors (Lipinski definition) is 3. The van der Waals surface area contributed by atoms with Crippen LogP contribution in [-0.2, 0) is 4.74 Å². The minimum Gasteiger partial charge on any atom is -0.478 e. The van der Waals surface area contributed by atoms with Crippen LogP contribution in [0.3, 0.4) is 0 Å². The third kappa shape index (κ3) is 5.75. The normalized spacial score (nSPS) is 10.7. The second-order valence-electron chi connectivity index (χ2n) is 5.10. The number of carboxylic acids is 1. The Kier molecular flexibility index (Phi) is 6.36. The van der Waals surface area contributed by atoms with Crippen LogP contribution in [0.15, 0.2) is 18.2 Å². The summed E-state index contributed by atoms with van der Waals surface area (Å²) in [4.78, 5) is 11.1. The van der Waals surface area contributed by atoms with Gasteiger partial charge in [0.05, 0.1) is 5.56 Å². The summed E-state index contributed by atoms with van der Waals surface area (Å²) < 4.78 is 5.48. The number of benzene rings is 1. The SMILES string of the molecule is Cc1ccc(C(=O)O)c(NCCCOCC(C)C)c1. The number of rotatable bonds is 8. The largest absolute Gasteiger partial charge is 0.478 e. The summed E-state index contributed by atoms with van der Waals surface area (Å²) in [5.74, 6) is -0.359. The Morgan fingerprint density at radius 3 is 2.79 bits per heavy atom. The number of ether oxygens (including phenoxy) is 1. The topological polar surface area (TPSA) is 58.6 Å². The Hall–Kier alpha value is -1.55. The maximum Gasteiger partial charge on any atom is 0.337 e. The van der Waals surface area contributed by atoms with Gasteiger partial charge in [0.25, 0.3) is 0 Å². The van der Waals surface area contributed by atoms with E-state index in [4.69, 9.17) is 9.84 Å². The van der Waals surface area contributed by atoms with Crippen LogP contribution < -0.4 is 5.32 Å². The van der Waals surface area contributed by atoms with Crippen LogP contribution in [0.1, 0.15) is 36.2 Å². The van der Waals surface area contributed by atoms with Gasteiger partial charge in [-0.3, -0.25) is 0 Å². The molecule has 1 aromatic rings. The van der Waals surface area contributed by atoms with Crippen LogP contribution in [0.5, 0.6) is 0 Å². The minimum atomic E-state index is -0.904. The Bertz CT molecular complexity index is 416. The number of hydrogen-bond donors (Lipinski definition) is 2. The van der Waals surface area contributed by atoms with E-state index in [1.165, 1.54) is 0 Å². The van der Waals surface area contributed by atoms with E-state index in [0.717, 1.165) is 18.6 Å². The summed E-state index contributed by atoms with van der Waals surface area (Å²) in [6, 6.07) is 5.30. The average Bonchev–Trinajstić information content (AvgIpc) is 2.33. The molecule has 1 rings (SSSR count). The van der Waals surface area contributed by atoms with E-state index >= 15 is 0 Å². The van der Waals surface area contributed by atoms with Crippen LogP contribution >= 0.6 is 0 Å². The lowest BCUT2D eigenvalue weighted by molar-refractivity contribution is 0.0698. The summed E-state index contributed by atoms with van der Waals surface area (Å²) in [5, 5.41) is 12.3. The molecule has 0 heterocycles. The summed E-state index contributed by atoms with van der Waals surface area (Å²) in [6.07, 6.45) is 0.861. The van der Waals surface area contributed by atoms with Crippen molar-refractivity contribution in [1.82, 2.24) is 0 Å². The fourth-order valence-corrected chi connectivity index (χ4v) is 1.71. The summed E-state index contributed by atoms with van der Waals surface area (Å²) in [7, 11) is 0. The molecule has 0 aromatic heterocycles. The highest BCUT2D eigenvalue weighted by Gasteiger charge is 2.09. The van der Waals surface area contributed by atoms with E-state index in [1.807, 2.05) is 13.0 Å². The predicted molar refractivity (Wildman–Crippen MR) is 76.9 cm³/mol. The maximum atomic E-state index is 11.1. The molecule has 0 radical (unpaired) electrons. The molecule has 0 amide bonds. The molecular formula is C15H23NO3. The van der Waals surface area contributed by atoms with E-state index in [2.05, 4.69) is 19.2 Å². The molecule has 0 saturated heterocycles. The highest BCUT2D eigenvalue weighted by molar-refractivity contribution is 5.94. The standard InChI is InChI=1S/C15H23NO3/c1-11(2)10-19-8-4-7-16-14-9-12(3)5-6-13(14)15(17)18/h5-6,9,11,16H,4,7-8,10H2,1-3H3,(H,17,18). The first-order valence-corrected chi connectivity index (χ1v) is 6.66. The van der Waals surface area contributed by atoms with Gasteiger partial charge in [-0.15, -0.1) is 0 Å². The first-order valence-electron chi connectivity index (χ1n) is 6.66. The fourth-order valence-electron chi connectivity index (χ4n) is 1.71. The monoisotopic (exact) mass is 265 g/mol. The molecule has 0 fully saturated rings. The molecule has 0 aliphatic rings. The molecule has 0 unspecified atom stereocenters. The number of anilines is 1. The Balaban J connectivity index is 2.40. The van der Waals surface area contributed by atoms with Crippen LogP contribution in [0.4, 0.5) is 5.69 Å². The third-order valence-corrected chi connectivity index (χ3v) is 2.64. The number of aromatic carboxylic acids is 1. The molecule has 0 atom stereocenters. The summed E-state index contributed by atoms with van der Waals surface area (Å²) in [6.45, 7) is 8.35. The quantitative estimate of drug-likeness (QED) is 0.709. The van der Waals surface area contributed by atoms with E-state index in [1.54, 1.807) is 12.1 Å². The first kappa shape index (κ1) is 15.5. The van der Waals surface area contributed by atoms with Crippen molar-refractivity contribution in [3.63, 3.8) is 0 Å². The lowest BCUT2D eigenvalue weighted by atomic mass is 10.1. The van der Waals surface area contributed by atoms with Crippen molar-refractivity contribution in [1.29, 1.82) is 0 Å². The number of aryl methyl sites for hydroxylation is 1. The van der Waals surface area contributed by atoms with Crippen LogP contribution in [0, 0.1) is 12.8 Å². The van der Waals surface area contributed by atoms with Crippen molar-refractivity contribution < 1.29 is 14.6 Å². The van der Waals surface area contributed by atoms with E-state index in [9.17, 15) is 4.79 Å². The second-order valence-corrected chi connectivity index (χ2v) is 5.10. The van der Waals surface area contributed by atoms with Gasteiger partial charge in [-0.1, -0.05) is 19.9 Å². The fraction of sp³-hybridized carbons (Fsp3) is 0.533. The molecule has 0 saturated carbocycles. The van der Waals surface area contributed by atoms with Gasteiger partial charge in [0.15, 0.2) is 0 Å². The van der Waals surface area contributed by atoms with Crippen molar-refractivity contribution in [2.45, 2.75) is 27.2 Å². The molecule has 0 bridgehead atoms. The van der Waals surface area contributed by atoms with Gasteiger partial charge in [-0.25, -0.2) is 4.79 Å². The smallest absolute Gasteiger partial charge is 0.337 e. The third-order valence-electron chi connectivity index (χ3n) is 2.64. The summed E-state index contributed by atoms with van der Waals surface area (Å²) >= 11 is 0. The lowest BCUT2D eigenvalue weighted by Crippen LogP contribution is -2.11. The number of carbonyl (C=O) groups is 1. The van der Waals surface area contributed by atoms with Gasteiger partial charge in [0.2, 0.25) is 0 Å². The van der Waals surface area contributed by atoms with Gasteiger partial charge < -0.3 is 15.2 Å². The first-order chi connectivity index (χ1) is 9.00. The van der Waals surface area contributed by atoms with Crippen LogP contribution in [0.2, 0.25) is 0 Å². The zero-order valence-electron chi connectivity index (χ0n) is 11.9. The van der Waals surface area contributed by atoms with E-state index in [-0.39, 0.29) is 0 Å². The Morgan fingerprint density at radius 2 is 2.16 bits per heavy atom. The zero-order valence-corrected chi connectivity index (χ0v) is 11.9. The van der Waals surface area contributed by atoms with Crippen molar-refractivity contribution >= 4 is 11.7 Å². The van der Waals surface area contributed by atoms with Gasteiger partial charge in [-0.2, -0.15) is 0 Å². The van der Waals surface area contributed by atoms with Crippen molar-refractivity contribution in [3.05, 3.63) is 29.3 Å². The molecule has 1 aromatic carbocycles. The minimum absolute atomic E-state index is 0.314. The molecule has 4 nitrogen and oxygen atoms in total. The number of nitrogens with one attached hydrogen (secondary N) is 1. The Labute approximate surface area is 114 Å². The van der Waals surface area contributed by atoms with Crippen molar-refractivity contribution in [2.75, 3.05) is 25.1 Å². The van der Waals surface area contributed by atoms with Gasteiger partial charge in [0, 0.05) is 25.4 Å². The molecule has 106 valence electrons. The average molecular weight is 265 g/mol. The molecule has 0 aliphatic carbocycles. The molecule has 4 heteroatoms. The van der Waals surface area contributed by atoms with Crippen molar-refractivity contribution in [3.8, 4) is 0 Å². The van der Waals surface area contributed by atoms with Crippen molar-refractivity contribution in [2.24, 2.45) is 5.92 Å². The van der Waals surface area contributed by atoms with E-state index in [0.29, 0.717) is 30.3 Å². The lowest BCUT2D eigenvalue weighted by Gasteiger charge is -2.11. The van der Waals surface area contributed by atoms with Gasteiger partial charge >= 0.3 is 5.97 Å². The molecule has 0 spiro atoms. The van der Waals surface area contributed by atoms with E-state index < -0.39 is 5.97 Å². The molecule has 0 aliphatic heterocycles. The van der Waals surface area contributed by atoms with Gasteiger partial charge in [0.1, 0.15) is 0 Å². The highest BCUT2D eigenvalue weighted by atomic mass is 16.5. The summed E-state index contributed by atoms with van der Waals surface area (Å²) in [5.41, 5.74) is 2.04. The maximum absolute atomic E-state index is 11.1. The Morgan fingerprint density at radius 1 is 1.42 bits per heavy atom. The predicted octanol–water partition coefficient (Wildman–Crippen LogP) is 3.17. The zero-order chi connectivity index (χ0) is 14.3. The number of carboxylic acid groups (broad SMARTS) is 1. The van der Waals surface area contributed by atoms with Crippen LogP contribution in [-0.4, -0.2) is 30.8 Å².